The van der Waals surface area contributed by atoms with Gasteiger partial charge in [0.05, 0.1) is 0 Å². The second-order valence-electron chi connectivity index (χ2n) is 5.42. The molecule has 0 aliphatic carbocycles. The maximum Gasteiger partial charge on any atom is 0.133 e. The van der Waals surface area contributed by atoms with Crippen LogP contribution in [0.1, 0.15) is 51.3 Å². The minimum Gasteiger partial charge on any atom is -0.384 e. The van der Waals surface area contributed by atoms with Gasteiger partial charge in [0, 0.05) is 30.6 Å². The Morgan fingerprint density at radius 3 is 2.59 bits per heavy atom. The molecule has 1 spiro atoms. The number of hydrogen-bond donors (Lipinski definition) is 1. The van der Waals surface area contributed by atoms with Crippen molar-refractivity contribution in [1.29, 1.82) is 0 Å². The van der Waals surface area contributed by atoms with Gasteiger partial charge in [-0.15, -0.1) is 10.2 Å². The van der Waals surface area contributed by atoms with Gasteiger partial charge in [-0.25, -0.2) is 0 Å². The van der Waals surface area contributed by atoms with E-state index in [1.165, 1.54) is 17.7 Å². The van der Waals surface area contributed by atoms with Gasteiger partial charge in [-0.2, -0.15) is 0 Å². The average Bonchev–Trinajstić information content (AvgIpc) is 3.14. The van der Waals surface area contributed by atoms with E-state index in [9.17, 15) is 0 Å². The summed E-state index contributed by atoms with van der Waals surface area (Å²) in [5.41, 5.74) is 2.98. The number of anilines is 1. The van der Waals surface area contributed by atoms with Crippen LogP contribution in [-0.4, -0.2) is 21.3 Å². The molecule has 0 bridgehead atoms. The van der Waals surface area contributed by atoms with Gasteiger partial charge in [-0.3, -0.25) is 0 Å². The van der Waals surface area contributed by atoms with E-state index in [1.807, 2.05) is 34.6 Å². The Labute approximate surface area is 134 Å². The number of benzene rings is 1. The number of fused-ring (bicyclic) bond motifs is 3. The SMILES string of the molecule is CC.CC.Cc1nnc2n1CCC1(CNc3ccccc31)C2. The molecule has 4 nitrogen and oxygen atoms in total. The second kappa shape index (κ2) is 6.95. The summed E-state index contributed by atoms with van der Waals surface area (Å²) in [6.45, 7) is 12.1. The molecular formula is C18H28N4. The van der Waals surface area contributed by atoms with Crippen LogP contribution in [0.3, 0.4) is 0 Å². The third kappa shape index (κ3) is 2.62. The van der Waals surface area contributed by atoms with Gasteiger partial charge in [-0.1, -0.05) is 45.9 Å². The summed E-state index contributed by atoms with van der Waals surface area (Å²) < 4.78 is 2.26. The predicted octanol–water partition coefficient (Wildman–Crippen LogP) is 3.95. The average molecular weight is 300 g/mol. The molecule has 0 saturated heterocycles. The third-order valence-electron chi connectivity index (χ3n) is 4.44. The van der Waals surface area contributed by atoms with E-state index in [0.717, 1.165) is 31.2 Å². The first-order valence-electron chi connectivity index (χ1n) is 8.51. The van der Waals surface area contributed by atoms with E-state index in [-0.39, 0.29) is 5.41 Å². The van der Waals surface area contributed by atoms with Gasteiger partial charge < -0.3 is 9.88 Å². The summed E-state index contributed by atoms with van der Waals surface area (Å²) in [6, 6.07) is 8.67. The van der Waals surface area contributed by atoms with E-state index in [1.54, 1.807) is 0 Å². The first kappa shape index (κ1) is 16.5. The summed E-state index contributed by atoms with van der Waals surface area (Å²) in [5.74, 6) is 2.18. The molecule has 22 heavy (non-hydrogen) atoms. The first-order valence-corrected chi connectivity index (χ1v) is 8.51. The lowest BCUT2D eigenvalue weighted by atomic mass is 9.74. The number of nitrogens with one attached hydrogen (secondary N) is 1. The van der Waals surface area contributed by atoms with Crippen molar-refractivity contribution >= 4 is 5.69 Å². The molecule has 120 valence electrons. The Morgan fingerprint density at radius 1 is 1.09 bits per heavy atom. The van der Waals surface area contributed by atoms with E-state index in [4.69, 9.17) is 0 Å². The van der Waals surface area contributed by atoms with Crippen LogP contribution in [0.5, 0.6) is 0 Å². The van der Waals surface area contributed by atoms with Crippen LogP contribution in [0, 0.1) is 6.92 Å². The molecule has 3 heterocycles. The summed E-state index contributed by atoms with van der Waals surface area (Å²) in [7, 11) is 0. The number of hydrogen-bond acceptors (Lipinski definition) is 3. The predicted molar refractivity (Wildman–Crippen MR) is 92.4 cm³/mol. The number of rotatable bonds is 0. The quantitative estimate of drug-likeness (QED) is 0.801. The Morgan fingerprint density at radius 2 is 1.82 bits per heavy atom. The van der Waals surface area contributed by atoms with Crippen LogP contribution in [-0.2, 0) is 18.4 Å². The van der Waals surface area contributed by atoms with E-state index in [0.29, 0.717) is 0 Å². The van der Waals surface area contributed by atoms with Crippen LogP contribution in [0.2, 0.25) is 0 Å². The molecule has 2 aliphatic rings. The molecule has 1 atom stereocenters. The minimum atomic E-state index is 0.228. The molecule has 1 aromatic heterocycles. The fourth-order valence-electron chi connectivity index (χ4n) is 3.40. The molecule has 1 N–H and O–H groups in total. The van der Waals surface area contributed by atoms with Crippen LogP contribution >= 0.6 is 0 Å². The zero-order chi connectivity index (χ0) is 16.2. The summed E-state index contributed by atoms with van der Waals surface area (Å²) in [4.78, 5) is 0. The lowest BCUT2D eigenvalue weighted by molar-refractivity contribution is 0.340. The molecular weight excluding hydrogens is 272 g/mol. The zero-order valence-electron chi connectivity index (χ0n) is 14.5. The molecule has 1 unspecified atom stereocenters. The monoisotopic (exact) mass is 300 g/mol. The summed E-state index contributed by atoms with van der Waals surface area (Å²) >= 11 is 0. The van der Waals surface area contributed by atoms with Gasteiger partial charge in [0.2, 0.25) is 0 Å². The molecule has 0 radical (unpaired) electrons. The van der Waals surface area contributed by atoms with Gasteiger partial charge in [-0.05, 0) is 25.0 Å². The zero-order valence-corrected chi connectivity index (χ0v) is 14.5. The van der Waals surface area contributed by atoms with Gasteiger partial charge in [0.1, 0.15) is 11.6 Å². The molecule has 4 heteroatoms. The minimum absolute atomic E-state index is 0.228. The Balaban J connectivity index is 0.000000410. The van der Waals surface area contributed by atoms with E-state index in [2.05, 4.69) is 44.3 Å². The highest BCUT2D eigenvalue weighted by Crippen LogP contribution is 2.43. The number of aromatic nitrogens is 3. The maximum absolute atomic E-state index is 4.33. The van der Waals surface area contributed by atoms with Crippen molar-refractivity contribution < 1.29 is 0 Å². The summed E-state index contributed by atoms with van der Waals surface area (Å²) in [6.07, 6.45) is 2.17. The maximum atomic E-state index is 4.33. The van der Waals surface area contributed by atoms with Crippen molar-refractivity contribution in [2.75, 3.05) is 11.9 Å². The molecule has 2 aliphatic heterocycles. The van der Waals surface area contributed by atoms with E-state index >= 15 is 0 Å². The molecule has 0 amide bonds. The Hall–Kier alpha value is -1.84. The largest absolute Gasteiger partial charge is 0.384 e. The molecule has 0 saturated carbocycles. The van der Waals surface area contributed by atoms with Gasteiger partial charge >= 0.3 is 0 Å². The highest BCUT2D eigenvalue weighted by atomic mass is 15.3. The van der Waals surface area contributed by atoms with Crippen molar-refractivity contribution in [2.24, 2.45) is 0 Å². The highest BCUT2D eigenvalue weighted by Gasteiger charge is 2.42. The molecule has 1 aromatic carbocycles. The second-order valence-corrected chi connectivity index (χ2v) is 5.42. The van der Waals surface area contributed by atoms with Crippen molar-refractivity contribution in [1.82, 2.24) is 14.8 Å². The van der Waals surface area contributed by atoms with Crippen LogP contribution in [0.4, 0.5) is 5.69 Å². The Bertz CT molecular complexity index is 617. The third-order valence-corrected chi connectivity index (χ3v) is 4.44. The van der Waals surface area contributed by atoms with Crippen molar-refractivity contribution in [3.8, 4) is 0 Å². The molecule has 0 fully saturated rings. The molecule has 4 rings (SSSR count). The fourth-order valence-corrected chi connectivity index (χ4v) is 3.40. The van der Waals surface area contributed by atoms with Gasteiger partial charge in [0.25, 0.3) is 0 Å². The standard InChI is InChI=1S/C14H16N4.2C2H6/c1-10-16-17-13-8-14(6-7-18(10)13)9-15-12-5-3-2-4-11(12)14;2*1-2/h2-5,15H,6-9H2,1H3;2*1-2H3. The van der Waals surface area contributed by atoms with Gasteiger partial charge in [0.15, 0.2) is 0 Å². The smallest absolute Gasteiger partial charge is 0.133 e. The Kier molecular flexibility index (Phi) is 5.22. The first-order chi connectivity index (χ1) is 10.8. The normalized spacial score (nSPS) is 20.8. The number of nitrogens with zero attached hydrogens (tertiary/aromatic N) is 3. The van der Waals surface area contributed by atoms with Crippen molar-refractivity contribution in [3.63, 3.8) is 0 Å². The topological polar surface area (TPSA) is 42.7 Å². The fraction of sp³-hybridized carbons (Fsp3) is 0.556. The van der Waals surface area contributed by atoms with Crippen LogP contribution < -0.4 is 5.32 Å². The lowest BCUT2D eigenvalue weighted by Gasteiger charge is -2.33. The van der Waals surface area contributed by atoms with Crippen LogP contribution in [0.25, 0.3) is 0 Å². The van der Waals surface area contributed by atoms with E-state index < -0.39 is 0 Å². The molecule has 2 aromatic rings. The lowest BCUT2D eigenvalue weighted by Crippen LogP contribution is -2.37. The van der Waals surface area contributed by atoms with Crippen molar-refractivity contribution in [2.45, 2.75) is 59.4 Å². The summed E-state index contributed by atoms with van der Waals surface area (Å²) in [5, 5.41) is 12.1. The van der Waals surface area contributed by atoms with Crippen molar-refractivity contribution in [3.05, 3.63) is 41.5 Å². The number of para-hydroxylation sites is 1. The highest BCUT2D eigenvalue weighted by molar-refractivity contribution is 5.60. The number of aryl methyl sites for hydroxylation is 1. The van der Waals surface area contributed by atoms with Crippen LogP contribution in [0.15, 0.2) is 24.3 Å².